The number of guanidine groups is 1. The first-order chi connectivity index (χ1) is 10.0. The van der Waals surface area contributed by atoms with Crippen LogP contribution >= 0.6 is 24.0 Å². The summed E-state index contributed by atoms with van der Waals surface area (Å²) in [7, 11) is 1.90. The van der Waals surface area contributed by atoms with Crippen molar-refractivity contribution < 1.29 is 0 Å². The fourth-order valence-corrected chi connectivity index (χ4v) is 3.28. The van der Waals surface area contributed by atoms with Crippen molar-refractivity contribution in [1.29, 1.82) is 0 Å². The zero-order chi connectivity index (χ0) is 15.3. The quantitative estimate of drug-likeness (QED) is 0.423. The van der Waals surface area contributed by atoms with Crippen LogP contribution in [-0.4, -0.2) is 86.6 Å². The Kier molecular flexibility index (Phi) is 8.42. The highest BCUT2D eigenvalue weighted by atomic mass is 127. The minimum absolute atomic E-state index is 0. The number of likely N-dealkylation sites (N-methyl/N-ethyl adjacent to an activating group) is 1. The molecule has 0 unspecified atom stereocenters. The average Bonchev–Trinajstić information content (AvgIpc) is 2.84. The van der Waals surface area contributed by atoms with E-state index in [0.29, 0.717) is 5.41 Å². The molecule has 0 radical (unpaired) electrons. The van der Waals surface area contributed by atoms with Crippen LogP contribution in [0.5, 0.6) is 0 Å². The predicted molar refractivity (Wildman–Crippen MR) is 105 cm³/mol. The smallest absolute Gasteiger partial charge is 0.193 e. The van der Waals surface area contributed by atoms with Crippen LogP contribution in [0.25, 0.3) is 0 Å². The highest BCUT2D eigenvalue weighted by molar-refractivity contribution is 14.0. The molecule has 0 atom stereocenters. The first kappa shape index (κ1) is 20.0. The highest BCUT2D eigenvalue weighted by Gasteiger charge is 2.30. The third kappa shape index (κ3) is 5.85. The SMILES string of the molecule is CCN1CCN(CCNC(=NC)N2CCC(C)(C)C2)CC1.I. The van der Waals surface area contributed by atoms with E-state index in [1.54, 1.807) is 0 Å². The second-order valence-corrected chi connectivity index (χ2v) is 7.09. The van der Waals surface area contributed by atoms with Gasteiger partial charge >= 0.3 is 0 Å². The van der Waals surface area contributed by atoms with Crippen molar-refractivity contribution in [2.75, 3.05) is 66.0 Å². The van der Waals surface area contributed by atoms with Crippen LogP contribution in [0.15, 0.2) is 4.99 Å². The molecule has 6 heteroatoms. The van der Waals surface area contributed by atoms with Crippen LogP contribution in [0, 0.1) is 5.41 Å². The van der Waals surface area contributed by atoms with Gasteiger partial charge in [-0.25, -0.2) is 0 Å². The van der Waals surface area contributed by atoms with E-state index in [-0.39, 0.29) is 24.0 Å². The molecule has 130 valence electrons. The largest absolute Gasteiger partial charge is 0.355 e. The highest BCUT2D eigenvalue weighted by Crippen LogP contribution is 2.28. The summed E-state index contributed by atoms with van der Waals surface area (Å²) in [6.45, 7) is 17.3. The van der Waals surface area contributed by atoms with Crippen LogP contribution < -0.4 is 5.32 Å². The molecule has 0 spiro atoms. The Morgan fingerprint density at radius 3 is 2.23 bits per heavy atom. The van der Waals surface area contributed by atoms with Gasteiger partial charge in [0, 0.05) is 59.4 Å². The lowest BCUT2D eigenvalue weighted by molar-refractivity contribution is 0.139. The first-order valence-corrected chi connectivity index (χ1v) is 8.44. The summed E-state index contributed by atoms with van der Waals surface area (Å²) in [5.41, 5.74) is 0.425. The minimum atomic E-state index is 0. The number of halogens is 1. The molecule has 1 N–H and O–H groups in total. The number of piperazine rings is 1. The van der Waals surface area contributed by atoms with Crippen molar-refractivity contribution in [2.24, 2.45) is 10.4 Å². The van der Waals surface area contributed by atoms with Crippen LogP contribution in [-0.2, 0) is 0 Å². The molecule has 5 nitrogen and oxygen atoms in total. The van der Waals surface area contributed by atoms with Gasteiger partial charge in [0.15, 0.2) is 5.96 Å². The Morgan fingerprint density at radius 1 is 1.09 bits per heavy atom. The van der Waals surface area contributed by atoms with Gasteiger partial charge in [-0.3, -0.25) is 9.89 Å². The van der Waals surface area contributed by atoms with E-state index < -0.39 is 0 Å². The van der Waals surface area contributed by atoms with Gasteiger partial charge in [-0.1, -0.05) is 20.8 Å². The monoisotopic (exact) mass is 423 g/mol. The van der Waals surface area contributed by atoms with Crippen molar-refractivity contribution in [3.05, 3.63) is 0 Å². The van der Waals surface area contributed by atoms with Gasteiger partial charge in [0.25, 0.3) is 0 Å². The molecule has 2 rings (SSSR count). The van der Waals surface area contributed by atoms with Gasteiger partial charge in [0.2, 0.25) is 0 Å². The van der Waals surface area contributed by atoms with Crippen molar-refractivity contribution in [3.63, 3.8) is 0 Å². The third-order valence-corrected chi connectivity index (χ3v) is 4.81. The average molecular weight is 423 g/mol. The van der Waals surface area contributed by atoms with Gasteiger partial charge in [-0.2, -0.15) is 0 Å². The summed E-state index contributed by atoms with van der Waals surface area (Å²) in [6.07, 6.45) is 1.26. The summed E-state index contributed by atoms with van der Waals surface area (Å²) in [5, 5.41) is 3.54. The molecule has 2 heterocycles. The number of rotatable bonds is 4. The Labute approximate surface area is 153 Å². The molecule has 22 heavy (non-hydrogen) atoms. The van der Waals surface area contributed by atoms with Crippen molar-refractivity contribution in [2.45, 2.75) is 27.2 Å². The molecule has 2 aliphatic heterocycles. The zero-order valence-electron chi connectivity index (χ0n) is 14.8. The molecule has 2 aliphatic rings. The predicted octanol–water partition coefficient (Wildman–Crippen LogP) is 1.55. The number of nitrogens with zero attached hydrogens (tertiary/aromatic N) is 4. The number of aliphatic imine (C=N–C) groups is 1. The van der Waals surface area contributed by atoms with Crippen LogP contribution in [0.3, 0.4) is 0 Å². The Bertz CT molecular complexity index is 350. The third-order valence-electron chi connectivity index (χ3n) is 4.81. The fourth-order valence-electron chi connectivity index (χ4n) is 3.28. The molecule has 0 saturated carbocycles. The summed E-state index contributed by atoms with van der Waals surface area (Å²) in [6, 6.07) is 0. The van der Waals surface area contributed by atoms with E-state index in [4.69, 9.17) is 0 Å². The van der Waals surface area contributed by atoms with E-state index in [1.165, 1.54) is 39.1 Å². The van der Waals surface area contributed by atoms with Gasteiger partial charge in [0.1, 0.15) is 0 Å². The molecular formula is C16H34IN5. The summed E-state index contributed by atoms with van der Waals surface area (Å²) in [4.78, 5) is 11.9. The van der Waals surface area contributed by atoms with Crippen LogP contribution in [0.4, 0.5) is 0 Å². The summed E-state index contributed by atoms with van der Waals surface area (Å²) < 4.78 is 0. The van der Waals surface area contributed by atoms with E-state index in [1.807, 2.05) is 7.05 Å². The second kappa shape index (κ2) is 9.27. The van der Waals surface area contributed by atoms with Crippen LogP contribution in [0.1, 0.15) is 27.2 Å². The molecular weight excluding hydrogens is 389 g/mol. The number of likely N-dealkylation sites (tertiary alicyclic amines) is 1. The maximum atomic E-state index is 4.45. The standard InChI is InChI=1S/C16H33N5.HI/c1-5-19-10-12-20(13-11-19)9-7-18-15(17-4)21-8-6-16(2,3)14-21;/h5-14H2,1-4H3,(H,17,18);1H. The molecule has 0 aromatic heterocycles. The van der Waals surface area contributed by atoms with Crippen molar-refractivity contribution >= 4 is 29.9 Å². The first-order valence-electron chi connectivity index (χ1n) is 8.44. The molecule has 0 aromatic carbocycles. The minimum Gasteiger partial charge on any atom is -0.355 e. The number of nitrogens with one attached hydrogen (secondary N) is 1. The lowest BCUT2D eigenvalue weighted by Gasteiger charge is -2.34. The lowest BCUT2D eigenvalue weighted by Crippen LogP contribution is -2.49. The maximum Gasteiger partial charge on any atom is 0.193 e. The fraction of sp³-hybridized carbons (Fsp3) is 0.938. The van der Waals surface area contributed by atoms with Gasteiger partial charge < -0.3 is 15.1 Å². The second-order valence-electron chi connectivity index (χ2n) is 7.09. The number of hydrogen-bond acceptors (Lipinski definition) is 3. The van der Waals surface area contributed by atoms with E-state index in [2.05, 4.69) is 45.8 Å². The summed E-state index contributed by atoms with van der Waals surface area (Å²) in [5.74, 6) is 1.08. The maximum absolute atomic E-state index is 4.45. The normalized spacial score (nSPS) is 23.5. The van der Waals surface area contributed by atoms with Gasteiger partial charge in [-0.15, -0.1) is 24.0 Å². The molecule has 0 bridgehead atoms. The van der Waals surface area contributed by atoms with E-state index in [9.17, 15) is 0 Å². The zero-order valence-corrected chi connectivity index (χ0v) is 17.1. The van der Waals surface area contributed by atoms with Crippen LogP contribution in [0.2, 0.25) is 0 Å². The molecule has 2 saturated heterocycles. The molecule has 0 amide bonds. The van der Waals surface area contributed by atoms with E-state index in [0.717, 1.165) is 32.1 Å². The Morgan fingerprint density at radius 2 is 1.73 bits per heavy atom. The Balaban J connectivity index is 0.00000242. The molecule has 0 aliphatic carbocycles. The Hall–Kier alpha value is -0.0800. The van der Waals surface area contributed by atoms with Gasteiger partial charge in [-0.05, 0) is 18.4 Å². The number of hydrogen-bond donors (Lipinski definition) is 1. The van der Waals surface area contributed by atoms with E-state index >= 15 is 0 Å². The van der Waals surface area contributed by atoms with Crippen molar-refractivity contribution in [3.8, 4) is 0 Å². The van der Waals surface area contributed by atoms with Crippen molar-refractivity contribution in [1.82, 2.24) is 20.0 Å². The lowest BCUT2D eigenvalue weighted by atomic mass is 9.93. The molecule has 0 aromatic rings. The van der Waals surface area contributed by atoms with Gasteiger partial charge in [0.05, 0.1) is 0 Å². The topological polar surface area (TPSA) is 34.1 Å². The summed E-state index contributed by atoms with van der Waals surface area (Å²) >= 11 is 0. The molecule has 2 fully saturated rings.